The van der Waals surface area contributed by atoms with Crippen LogP contribution in [-0.2, 0) is 0 Å². The van der Waals surface area contributed by atoms with E-state index in [9.17, 15) is 0 Å². The van der Waals surface area contributed by atoms with Gasteiger partial charge >= 0.3 is 0 Å². The largest absolute Gasteiger partial charge is 0.0876 e. The van der Waals surface area contributed by atoms with E-state index >= 15 is 0 Å². The van der Waals surface area contributed by atoms with Crippen molar-refractivity contribution in [1.82, 2.24) is 0 Å². The van der Waals surface area contributed by atoms with Crippen LogP contribution in [0.4, 0.5) is 0 Å². The van der Waals surface area contributed by atoms with E-state index in [1.54, 1.807) is 0 Å². The van der Waals surface area contributed by atoms with Crippen molar-refractivity contribution >= 4 is 22.9 Å². The highest BCUT2D eigenvalue weighted by atomic mass is 14.0. The molecule has 0 aliphatic heterocycles. The maximum Gasteiger partial charge on any atom is -0.0148 e. The lowest BCUT2D eigenvalue weighted by molar-refractivity contribution is 1.41. The van der Waals surface area contributed by atoms with Gasteiger partial charge in [-0.15, -0.1) is 0 Å². The Morgan fingerprint density at radius 1 is 1.06 bits per heavy atom. The Hall–Kier alpha value is -1.82. The van der Waals surface area contributed by atoms with Crippen LogP contribution in [0.1, 0.15) is 19.4 Å². The number of fused-ring (bicyclic) bond motifs is 1. The summed E-state index contributed by atoms with van der Waals surface area (Å²) in [6, 6.07) is 10.8. The molecule has 0 heteroatoms. The molecule has 0 saturated carbocycles. The third kappa shape index (κ3) is 2.16. The van der Waals surface area contributed by atoms with Gasteiger partial charge in [0.15, 0.2) is 0 Å². The normalized spacial score (nSPS) is 14.1. The lowest BCUT2D eigenvalue weighted by Gasteiger charge is -2.04. The van der Waals surface area contributed by atoms with Gasteiger partial charge in [-0.05, 0) is 53.6 Å². The van der Waals surface area contributed by atoms with Crippen LogP contribution in [0.5, 0.6) is 0 Å². The highest BCUT2D eigenvalue weighted by molar-refractivity contribution is 5.86. The molecule has 0 heterocycles. The maximum absolute atomic E-state index is 2.26. The second kappa shape index (κ2) is 5.01. The fraction of sp³-hybridized carbons (Fsp3) is 0.176. The zero-order valence-electron chi connectivity index (χ0n) is 10.7. The molecular weight excluding hydrogens is 204 g/mol. The van der Waals surface area contributed by atoms with Gasteiger partial charge < -0.3 is 0 Å². The second-order valence-corrected chi connectivity index (χ2v) is 4.21. The van der Waals surface area contributed by atoms with Crippen molar-refractivity contribution < 1.29 is 0 Å². The fourth-order valence-corrected chi connectivity index (χ4v) is 2.22. The molecule has 0 amide bonds. The molecule has 0 unspecified atom stereocenters. The lowest BCUT2D eigenvalue weighted by Crippen LogP contribution is -2.27. The lowest BCUT2D eigenvalue weighted by atomic mass is 10.0. The summed E-state index contributed by atoms with van der Waals surface area (Å²) in [6.45, 7) is 6.34. The predicted molar refractivity (Wildman–Crippen MR) is 77.4 cm³/mol. The summed E-state index contributed by atoms with van der Waals surface area (Å²) in [5.41, 5.74) is 1.36. The minimum Gasteiger partial charge on any atom is -0.0876 e. The Kier molecular flexibility index (Phi) is 3.43. The Bertz CT molecular complexity index is 673. The molecule has 2 aromatic carbocycles. The molecule has 0 N–H and O–H groups in total. The van der Waals surface area contributed by atoms with Gasteiger partial charge in [0.05, 0.1) is 0 Å². The van der Waals surface area contributed by atoms with Gasteiger partial charge in [0.25, 0.3) is 0 Å². The molecule has 0 fully saturated rings. The van der Waals surface area contributed by atoms with Crippen LogP contribution in [0.3, 0.4) is 0 Å². The monoisotopic (exact) mass is 222 g/mol. The topological polar surface area (TPSA) is 0 Å². The van der Waals surface area contributed by atoms with Crippen LogP contribution < -0.4 is 10.4 Å². The van der Waals surface area contributed by atoms with E-state index in [2.05, 4.69) is 68.5 Å². The minimum atomic E-state index is 1.30. The first-order valence-corrected chi connectivity index (χ1v) is 6.05. The molecule has 0 spiro atoms. The Labute approximate surface area is 103 Å². The number of hydrogen-bond donors (Lipinski definition) is 0. The number of aryl methyl sites for hydroxylation is 1. The fourth-order valence-electron chi connectivity index (χ4n) is 2.22. The molecule has 2 rings (SSSR count). The third-order valence-corrected chi connectivity index (χ3v) is 3.16. The van der Waals surface area contributed by atoms with Gasteiger partial charge in [0.1, 0.15) is 0 Å². The maximum atomic E-state index is 2.26. The summed E-state index contributed by atoms with van der Waals surface area (Å²) in [7, 11) is 0. The van der Waals surface area contributed by atoms with Crippen molar-refractivity contribution in [2.24, 2.45) is 0 Å². The van der Waals surface area contributed by atoms with E-state index < -0.39 is 0 Å². The summed E-state index contributed by atoms with van der Waals surface area (Å²) < 4.78 is 0. The van der Waals surface area contributed by atoms with Crippen molar-refractivity contribution in [3.8, 4) is 0 Å². The van der Waals surface area contributed by atoms with Crippen molar-refractivity contribution in [3.05, 3.63) is 58.5 Å². The number of benzene rings is 2. The van der Waals surface area contributed by atoms with E-state index in [1.807, 2.05) is 6.92 Å². The minimum absolute atomic E-state index is 1.30. The van der Waals surface area contributed by atoms with E-state index in [1.165, 1.54) is 26.8 Å². The summed E-state index contributed by atoms with van der Waals surface area (Å²) >= 11 is 0. The molecule has 86 valence electrons. The van der Waals surface area contributed by atoms with Gasteiger partial charge in [-0.2, -0.15) is 0 Å². The first-order chi connectivity index (χ1) is 8.27. The smallest absolute Gasteiger partial charge is 0.0148 e. The van der Waals surface area contributed by atoms with Crippen LogP contribution in [0.15, 0.2) is 42.5 Å². The van der Waals surface area contributed by atoms with Crippen LogP contribution in [0, 0.1) is 6.92 Å². The van der Waals surface area contributed by atoms with Crippen LogP contribution in [-0.4, -0.2) is 0 Å². The molecule has 0 nitrogen and oxygen atoms in total. The second-order valence-electron chi connectivity index (χ2n) is 4.21. The van der Waals surface area contributed by atoms with Crippen LogP contribution >= 0.6 is 0 Å². The Morgan fingerprint density at radius 3 is 2.53 bits per heavy atom. The van der Waals surface area contributed by atoms with Crippen LogP contribution in [0.2, 0.25) is 0 Å². The highest BCUT2D eigenvalue weighted by Gasteiger charge is 1.98. The first-order valence-electron chi connectivity index (χ1n) is 6.05. The van der Waals surface area contributed by atoms with Gasteiger partial charge in [-0.1, -0.05) is 48.6 Å². The predicted octanol–water partition coefficient (Wildman–Crippen LogP) is 3.31. The van der Waals surface area contributed by atoms with Gasteiger partial charge in [-0.25, -0.2) is 0 Å². The molecule has 0 radical (unpaired) electrons. The summed E-state index contributed by atoms with van der Waals surface area (Å²) in [5.74, 6) is 0. The van der Waals surface area contributed by atoms with Gasteiger partial charge in [-0.3, -0.25) is 0 Å². The number of hydrogen-bond acceptors (Lipinski definition) is 0. The molecule has 0 saturated heterocycles. The Balaban J connectivity index is 2.97. The van der Waals surface area contributed by atoms with Crippen molar-refractivity contribution in [2.75, 3.05) is 0 Å². The average molecular weight is 222 g/mol. The highest BCUT2D eigenvalue weighted by Crippen LogP contribution is 2.12. The van der Waals surface area contributed by atoms with E-state index in [0.29, 0.717) is 0 Å². The molecular formula is C17H18. The zero-order chi connectivity index (χ0) is 12.3. The molecule has 0 aliphatic carbocycles. The van der Waals surface area contributed by atoms with Gasteiger partial charge in [0.2, 0.25) is 0 Å². The van der Waals surface area contributed by atoms with Crippen molar-refractivity contribution in [1.29, 1.82) is 0 Å². The average Bonchev–Trinajstić information content (AvgIpc) is 2.37. The molecule has 0 aromatic heterocycles. The first kappa shape index (κ1) is 11.7. The molecule has 2 aromatic rings. The number of rotatable bonds is 1. The summed E-state index contributed by atoms with van der Waals surface area (Å²) in [4.78, 5) is 0. The SMILES string of the molecule is C\C=C/C=c1/c(C)c2ccccc2c/c1=C/C. The Morgan fingerprint density at radius 2 is 1.82 bits per heavy atom. The van der Waals surface area contributed by atoms with E-state index in [4.69, 9.17) is 0 Å². The van der Waals surface area contributed by atoms with E-state index in [-0.39, 0.29) is 0 Å². The van der Waals surface area contributed by atoms with Gasteiger partial charge in [0, 0.05) is 0 Å². The standard InChI is InChI=1S/C17H18/c1-4-6-10-16-13(3)17-11-8-7-9-15(17)12-14(16)5-2/h4-12H,1-3H3/b6-4-,14-5-,16-10-. The van der Waals surface area contributed by atoms with Crippen molar-refractivity contribution in [2.45, 2.75) is 20.8 Å². The summed E-state index contributed by atoms with van der Waals surface area (Å²) in [6.07, 6.45) is 8.53. The van der Waals surface area contributed by atoms with E-state index in [0.717, 1.165) is 0 Å². The van der Waals surface area contributed by atoms with Crippen molar-refractivity contribution in [3.63, 3.8) is 0 Å². The molecule has 17 heavy (non-hydrogen) atoms. The number of allylic oxidation sites excluding steroid dienone is 2. The quantitative estimate of drug-likeness (QED) is 0.694. The molecule has 0 aliphatic rings. The third-order valence-electron chi connectivity index (χ3n) is 3.16. The molecule has 0 atom stereocenters. The summed E-state index contributed by atoms with van der Waals surface area (Å²) in [5, 5.41) is 5.29. The zero-order valence-corrected chi connectivity index (χ0v) is 10.7. The molecule has 0 bridgehead atoms. The van der Waals surface area contributed by atoms with Crippen LogP contribution in [0.25, 0.3) is 22.9 Å².